The zero-order valence-electron chi connectivity index (χ0n) is 29.0. The molecule has 0 aliphatic rings. The average Bonchev–Trinajstić information content (AvgIpc) is 3.22. The van der Waals surface area contributed by atoms with Crippen LogP contribution < -0.4 is 9.80 Å². The first-order valence-corrected chi connectivity index (χ1v) is 18.7. The highest BCUT2D eigenvalue weighted by molar-refractivity contribution is 9.10. The first kappa shape index (κ1) is 32.5. The Morgan fingerprint density at radius 3 is 1.08 bits per heavy atom. The molecule has 0 saturated carbocycles. The van der Waals surface area contributed by atoms with E-state index in [1.807, 2.05) is 0 Å². The number of fused-ring (bicyclic) bond motifs is 2. The molecule has 0 unspecified atom stereocenters. The number of benzene rings is 9. The summed E-state index contributed by atoms with van der Waals surface area (Å²) in [6.07, 6.45) is 0. The largest absolute Gasteiger partial charge is 0.310 e. The van der Waals surface area contributed by atoms with Crippen molar-refractivity contribution < 1.29 is 0 Å². The number of anilines is 6. The van der Waals surface area contributed by atoms with Gasteiger partial charge in [0, 0.05) is 38.0 Å². The SMILES string of the molecule is Brc1cc(-c2ccc(N(c3ccccc3)c3cccc4ccccc34)cc2)cc(-c2ccc(N(c3ccccc3)c3cccc4ccccc34)cc2)c1. The van der Waals surface area contributed by atoms with Crippen LogP contribution in [0.2, 0.25) is 0 Å². The van der Waals surface area contributed by atoms with Crippen molar-refractivity contribution in [2.24, 2.45) is 0 Å². The second-order valence-corrected chi connectivity index (χ2v) is 14.1. The van der Waals surface area contributed by atoms with Crippen molar-refractivity contribution in [2.45, 2.75) is 0 Å². The molecule has 3 heteroatoms. The standard InChI is InChI=1S/C50H35BrN2/c51-42-34-40(36-25-29-45(30-26-36)52(43-17-3-1-4-18-43)49-23-11-15-38-13-7-9-21-47(38)49)33-41(35-42)37-27-31-46(32-28-37)53(44-19-5-2-6-20-44)50-24-12-16-39-14-8-10-22-48(39)50/h1-35H. The van der Waals surface area contributed by atoms with Crippen LogP contribution in [0.3, 0.4) is 0 Å². The van der Waals surface area contributed by atoms with Crippen LogP contribution in [0.25, 0.3) is 43.8 Å². The van der Waals surface area contributed by atoms with Crippen molar-refractivity contribution in [2.75, 3.05) is 9.80 Å². The van der Waals surface area contributed by atoms with E-state index < -0.39 is 0 Å². The van der Waals surface area contributed by atoms with Crippen LogP contribution >= 0.6 is 15.9 Å². The van der Waals surface area contributed by atoms with Crippen molar-refractivity contribution in [1.29, 1.82) is 0 Å². The van der Waals surface area contributed by atoms with Gasteiger partial charge in [-0.05, 0) is 112 Å². The number of nitrogens with zero attached hydrogens (tertiary/aromatic N) is 2. The number of hydrogen-bond donors (Lipinski definition) is 0. The van der Waals surface area contributed by atoms with Crippen molar-refractivity contribution in [3.63, 3.8) is 0 Å². The van der Waals surface area contributed by atoms with E-state index in [2.05, 4.69) is 238 Å². The van der Waals surface area contributed by atoms with E-state index in [0.29, 0.717) is 0 Å². The Morgan fingerprint density at radius 2 is 0.642 bits per heavy atom. The molecule has 0 atom stereocenters. The summed E-state index contributed by atoms with van der Waals surface area (Å²) >= 11 is 3.83. The van der Waals surface area contributed by atoms with Crippen molar-refractivity contribution in [3.8, 4) is 22.3 Å². The van der Waals surface area contributed by atoms with Gasteiger partial charge in [0.25, 0.3) is 0 Å². The average molecular weight is 744 g/mol. The van der Waals surface area contributed by atoms with E-state index in [1.165, 1.54) is 21.5 Å². The smallest absolute Gasteiger partial charge is 0.0540 e. The molecule has 53 heavy (non-hydrogen) atoms. The Bertz CT molecular complexity index is 2480. The molecule has 9 rings (SSSR count). The van der Waals surface area contributed by atoms with Gasteiger partial charge in [0.2, 0.25) is 0 Å². The molecule has 0 aromatic heterocycles. The van der Waals surface area contributed by atoms with Gasteiger partial charge in [0.1, 0.15) is 0 Å². The topological polar surface area (TPSA) is 6.48 Å². The molecular formula is C50H35BrN2. The summed E-state index contributed by atoms with van der Waals surface area (Å²) < 4.78 is 1.04. The zero-order valence-corrected chi connectivity index (χ0v) is 30.6. The van der Waals surface area contributed by atoms with Gasteiger partial charge >= 0.3 is 0 Å². The number of para-hydroxylation sites is 2. The molecule has 9 aromatic carbocycles. The van der Waals surface area contributed by atoms with Crippen LogP contribution in [0.15, 0.2) is 217 Å². The molecule has 252 valence electrons. The highest BCUT2D eigenvalue weighted by atomic mass is 79.9. The molecule has 0 radical (unpaired) electrons. The third kappa shape index (κ3) is 6.48. The molecule has 0 heterocycles. The summed E-state index contributed by atoms with van der Waals surface area (Å²) in [5, 5.41) is 4.88. The van der Waals surface area contributed by atoms with E-state index in [9.17, 15) is 0 Å². The first-order chi connectivity index (χ1) is 26.2. The molecule has 0 aliphatic heterocycles. The number of halogens is 1. The van der Waals surface area contributed by atoms with E-state index in [4.69, 9.17) is 0 Å². The molecule has 0 fully saturated rings. The lowest BCUT2D eigenvalue weighted by Crippen LogP contribution is -2.10. The highest BCUT2D eigenvalue weighted by Crippen LogP contribution is 2.42. The molecule has 0 bridgehead atoms. The Kier molecular flexibility index (Phi) is 8.77. The van der Waals surface area contributed by atoms with Crippen LogP contribution in [-0.4, -0.2) is 0 Å². The first-order valence-electron chi connectivity index (χ1n) is 17.9. The summed E-state index contributed by atoms with van der Waals surface area (Å²) in [7, 11) is 0. The van der Waals surface area contributed by atoms with Crippen molar-refractivity contribution >= 4 is 71.6 Å². The Labute approximate surface area is 319 Å². The van der Waals surface area contributed by atoms with E-state index in [-0.39, 0.29) is 0 Å². The molecule has 0 N–H and O–H groups in total. The fourth-order valence-corrected chi connectivity index (χ4v) is 7.84. The van der Waals surface area contributed by atoms with Crippen LogP contribution in [-0.2, 0) is 0 Å². The zero-order chi connectivity index (χ0) is 35.6. The Balaban J connectivity index is 1.06. The minimum atomic E-state index is 1.04. The maximum atomic E-state index is 3.83. The Morgan fingerprint density at radius 1 is 0.283 bits per heavy atom. The van der Waals surface area contributed by atoms with Gasteiger partial charge in [0.15, 0.2) is 0 Å². The lowest BCUT2D eigenvalue weighted by molar-refractivity contribution is 1.30. The van der Waals surface area contributed by atoms with Gasteiger partial charge in [-0.1, -0.05) is 149 Å². The van der Waals surface area contributed by atoms with E-state index in [0.717, 1.165) is 60.9 Å². The quantitative estimate of drug-likeness (QED) is 0.153. The Hall–Kier alpha value is -6.42. The minimum absolute atomic E-state index is 1.04. The van der Waals surface area contributed by atoms with Gasteiger partial charge in [-0.3, -0.25) is 0 Å². The highest BCUT2D eigenvalue weighted by Gasteiger charge is 2.17. The number of hydrogen-bond acceptors (Lipinski definition) is 2. The summed E-state index contributed by atoms with van der Waals surface area (Å²) in [5.74, 6) is 0. The lowest BCUT2D eigenvalue weighted by atomic mass is 9.98. The maximum absolute atomic E-state index is 3.83. The maximum Gasteiger partial charge on any atom is 0.0540 e. The molecule has 0 amide bonds. The van der Waals surface area contributed by atoms with Gasteiger partial charge < -0.3 is 9.80 Å². The predicted octanol–water partition coefficient (Wildman–Crippen LogP) is 15.0. The molecule has 0 spiro atoms. The second kappa shape index (κ2) is 14.3. The van der Waals surface area contributed by atoms with Gasteiger partial charge in [-0.2, -0.15) is 0 Å². The van der Waals surface area contributed by atoms with Gasteiger partial charge in [-0.15, -0.1) is 0 Å². The van der Waals surface area contributed by atoms with Gasteiger partial charge in [-0.25, -0.2) is 0 Å². The summed E-state index contributed by atoms with van der Waals surface area (Å²) in [6, 6.07) is 75.9. The number of rotatable bonds is 8. The molecule has 0 saturated heterocycles. The van der Waals surface area contributed by atoms with Crippen LogP contribution in [0.1, 0.15) is 0 Å². The third-order valence-electron chi connectivity index (χ3n) is 9.86. The summed E-state index contributed by atoms with van der Waals surface area (Å²) in [4.78, 5) is 4.69. The molecule has 9 aromatic rings. The monoisotopic (exact) mass is 742 g/mol. The normalized spacial score (nSPS) is 11.1. The van der Waals surface area contributed by atoms with E-state index >= 15 is 0 Å². The fraction of sp³-hybridized carbons (Fsp3) is 0. The molecule has 0 aliphatic carbocycles. The van der Waals surface area contributed by atoms with Crippen molar-refractivity contribution in [3.05, 3.63) is 217 Å². The molecular weight excluding hydrogens is 708 g/mol. The van der Waals surface area contributed by atoms with Gasteiger partial charge in [0.05, 0.1) is 11.4 Å². The fourth-order valence-electron chi connectivity index (χ4n) is 7.34. The summed E-state index contributed by atoms with van der Waals surface area (Å²) in [5.41, 5.74) is 11.4. The molecule has 2 nitrogen and oxygen atoms in total. The summed E-state index contributed by atoms with van der Waals surface area (Å²) in [6.45, 7) is 0. The second-order valence-electron chi connectivity index (χ2n) is 13.2. The van der Waals surface area contributed by atoms with Crippen LogP contribution in [0.4, 0.5) is 34.1 Å². The van der Waals surface area contributed by atoms with Crippen molar-refractivity contribution in [1.82, 2.24) is 0 Å². The van der Waals surface area contributed by atoms with Crippen LogP contribution in [0, 0.1) is 0 Å². The van der Waals surface area contributed by atoms with E-state index in [1.54, 1.807) is 0 Å². The van der Waals surface area contributed by atoms with Crippen LogP contribution in [0.5, 0.6) is 0 Å². The third-order valence-corrected chi connectivity index (χ3v) is 10.3. The minimum Gasteiger partial charge on any atom is -0.310 e. The predicted molar refractivity (Wildman–Crippen MR) is 229 cm³/mol. The lowest BCUT2D eigenvalue weighted by Gasteiger charge is -2.27.